The van der Waals surface area contributed by atoms with Crippen LogP contribution in [0.4, 0.5) is 0 Å². The fourth-order valence-electron chi connectivity index (χ4n) is 2.51. The molecular formula is C14H16N+. The normalized spacial score (nSPS) is 15.8. The van der Waals surface area contributed by atoms with Crippen LogP contribution in [0.2, 0.25) is 0 Å². The van der Waals surface area contributed by atoms with Crippen molar-refractivity contribution in [1.29, 1.82) is 0 Å². The maximum absolute atomic E-state index is 2.37. The predicted octanol–water partition coefficient (Wildman–Crippen LogP) is 1.76. The first-order valence-corrected chi connectivity index (χ1v) is 5.71. The highest BCUT2D eigenvalue weighted by molar-refractivity contribution is 5.84. The number of fused-ring (bicyclic) bond motifs is 2. The van der Waals surface area contributed by atoms with Gasteiger partial charge in [-0.25, -0.2) is 0 Å². The van der Waals surface area contributed by atoms with E-state index >= 15 is 0 Å². The third-order valence-corrected chi connectivity index (χ3v) is 3.45. The van der Waals surface area contributed by atoms with Crippen molar-refractivity contribution in [2.75, 3.05) is 6.54 Å². The topological polar surface area (TPSA) is 4.44 Å². The molecule has 0 unspecified atom stereocenters. The summed E-state index contributed by atoms with van der Waals surface area (Å²) in [6, 6.07) is 13.4. The van der Waals surface area contributed by atoms with E-state index in [2.05, 4.69) is 43.3 Å². The molecule has 0 spiro atoms. The van der Waals surface area contributed by atoms with Crippen LogP contribution in [0.25, 0.3) is 10.8 Å². The minimum absolute atomic E-state index is 1.21. The molecular weight excluding hydrogens is 182 g/mol. The Labute approximate surface area is 90.3 Å². The molecule has 1 aliphatic rings. The molecule has 0 fully saturated rings. The van der Waals surface area contributed by atoms with Gasteiger partial charge in [0.1, 0.15) is 13.1 Å². The Bertz CT molecular complexity index is 457. The molecule has 1 heteroatoms. The van der Waals surface area contributed by atoms with Crippen molar-refractivity contribution in [2.45, 2.75) is 20.0 Å². The molecule has 0 atom stereocenters. The number of nitrogens with one attached hydrogen (secondary N) is 1. The number of hydrogen-bond donors (Lipinski definition) is 1. The van der Waals surface area contributed by atoms with Crippen LogP contribution in [-0.4, -0.2) is 6.54 Å². The maximum atomic E-state index is 2.37. The quantitative estimate of drug-likeness (QED) is 0.712. The molecule has 15 heavy (non-hydrogen) atoms. The average molecular weight is 198 g/mol. The van der Waals surface area contributed by atoms with Crippen LogP contribution < -0.4 is 4.90 Å². The molecule has 3 rings (SSSR count). The zero-order chi connectivity index (χ0) is 10.3. The molecule has 2 aromatic rings. The van der Waals surface area contributed by atoms with Gasteiger partial charge in [0, 0.05) is 11.1 Å². The Morgan fingerprint density at radius 2 is 1.53 bits per heavy atom. The van der Waals surface area contributed by atoms with Crippen LogP contribution in [0.5, 0.6) is 0 Å². The summed E-state index contributed by atoms with van der Waals surface area (Å²) >= 11 is 0. The number of rotatable bonds is 1. The van der Waals surface area contributed by atoms with Crippen LogP contribution in [0.15, 0.2) is 36.4 Å². The zero-order valence-electron chi connectivity index (χ0n) is 9.09. The molecule has 0 saturated carbocycles. The summed E-state index contributed by atoms with van der Waals surface area (Å²) in [5.74, 6) is 0. The molecule has 0 aliphatic carbocycles. The van der Waals surface area contributed by atoms with Crippen LogP contribution >= 0.6 is 0 Å². The number of hydrogen-bond acceptors (Lipinski definition) is 0. The molecule has 0 bridgehead atoms. The van der Waals surface area contributed by atoms with E-state index in [4.69, 9.17) is 0 Å². The Balaban J connectivity index is 2.14. The van der Waals surface area contributed by atoms with Crippen LogP contribution in [0.1, 0.15) is 18.1 Å². The van der Waals surface area contributed by atoms with E-state index in [1.165, 1.54) is 30.4 Å². The lowest BCUT2D eigenvalue weighted by Gasteiger charge is -2.06. The van der Waals surface area contributed by atoms with Crippen molar-refractivity contribution in [3.05, 3.63) is 47.5 Å². The van der Waals surface area contributed by atoms with Gasteiger partial charge in [-0.1, -0.05) is 24.3 Å². The molecule has 0 aromatic heterocycles. The summed E-state index contributed by atoms with van der Waals surface area (Å²) in [4.78, 5) is 1.68. The third kappa shape index (κ3) is 1.44. The summed E-state index contributed by atoms with van der Waals surface area (Å²) in [5.41, 5.74) is 3.09. The highest BCUT2D eigenvalue weighted by atomic mass is 15.1. The van der Waals surface area contributed by atoms with Gasteiger partial charge in [-0.3, -0.25) is 0 Å². The van der Waals surface area contributed by atoms with Gasteiger partial charge in [-0.2, -0.15) is 0 Å². The largest absolute Gasteiger partial charge is 0.328 e. The van der Waals surface area contributed by atoms with Gasteiger partial charge >= 0.3 is 0 Å². The van der Waals surface area contributed by atoms with Gasteiger partial charge in [0.25, 0.3) is 0 Å². The van der Waals surface area contributed by atoms with E-state index in [1.54, 1.807) is 16.0 Å². The molecule has 1 N–H and O–H groups in total. The van der Waals surface area contributed by atoms with E-state index in [0.717, 1.165) is 0 Å². The summed E-state index contributed by atoms with van der Waals surface area (Å²) in [5, 5.41) is 2.77. The van der Waals surface area contributed by atoms with Crippen LogP contribution in [0, 0.1) is 0 Å². The lowest BCUT2D eigenvalue weighted by molar-refractivity contribution is -0.918. The second kappa shape index (κ2) is 3.35. The lowest BCUT2D eigenvalue weighted by Crippen LogP contribution is -3.07. The summed E-state index contributed by atoms with van der Waals surface area (Å²) in [6.07, 6.45) is 0. The first kappa shape index (κ1) is 8.93. The number of benzene rings is 2. The highest BCUT2D eigenvalue weighted by Gasteiger charge is 2.21. The minimum atomic E-state index is 1.21. The van der Waals surface area contributed by atoms with Crippen LogP contribution in [0.3, 0.4) is 0 Å². The van der Waals surface area contributed by atoms with E-state index < -0.39 is 0 Å². The highest BCUT2D eigenvalue weighted by Crippen LogP contribution is 2.21. The second-order valence-corrected chi connectivity index (χ2v) is 4.43. The van der Waals surface area contributed by atoms with Gasteiger partial charge in [-0.05, 0) is 29.8 Å². The summed E-state index contributed by atoms with van der Waals surface area (Å²) < 4.78 is 0. The fraction of sp³-hybridized carbons (Fsp3) is 0.286. The first-order valence-electron chi connectivity index (χ1n) is 5.71. The van der Waals surface area contributed by atoms with E-state index in [-0.39, 0.29) is 0 Å². The summed E-state index contributed by atoms with van der Waals surface area (Å²) in [6.45, 7) is 5.90. The molecule has 1 aliphatic heterocycles. The van der Waals surface area contributed by atoms with Crippen molar-refractivity contribution >= 4 is 10.8 Å². The Hall–Kier alpha value is -1.34. The van der Waals surface area contributed by atoms with Gasteiger partial charge in [0.15, 0.2) is 0 Å². The van der Waals surface area contributed by atoms with Crippen molar-refractivity contribution in [1.82, 2.24) is 0 Å². The SMILES string of the molecule is CC[NH+]1Cc2cc3ccccc3cc2C1. The third-order valence-electron chi connectivity index (χ3n) is 3.45. The fourth-order valence-corrected chi connectivity index (χ4v) is 2.51. The number of quaternary nitrogens is 1. The standard InChI is InChI=1S/C14H15N/c1-2-15-9-13-7-11-5-3-4-6-12(11)8-14(13)10-15/h3-8H,2,9-10H2,1H3/p+1. The molecule has 2 aromatic carbocycles. The van der Waals surface area contributed by atoms with Gasteiger partial charge in [-0.15, -0.1) is 0 Å². The summed E-state index contributed by atoms with van der Waals surface area (Å²) in [7, 11) is 0. The lowest BCUT2D eigenvalue weighted by atomic mass is 10.0. The van der Waals surface area contributed by atoms with Crippen molar-refractivity contribution in [3.63, 3.8) is 0 Å². The molecule has 1 nitrogen and oxygen atoms in total. The van der Waals surface area contributed by atoms with E-state index in [9.17, 15) is 0 Å². The van der Waals surface area contributed by atoms with Crippen molar-refractivity contribution < 1.29 is 4.90 Å². The maximum Gasteiger partial charge on any atom is 0.104 e. The van der Waals surface area contributed by atoms with Crippen molar-refractivity contribution in [2.24, 2.45) is 0 Å². The van der Waals surface area contributed by atoms with Crippen LogP contribution in [-0.2, 0) is 13.1 Å². The molecule has 0 amide bonds. The molecule has 0 saturated heterocycles. The first-order chi connectivity index (χ1) is 7.36. The van der Waals surface area contributed by atoms with Gasteiger partial charge < -0.3 is 4.90 Å². The molecule has 76 valence electrons. The smallest absolute Gasteiger partial charge is 0.104 e. The Morgan fingerprint density at radius 1 is 1.00 bits per heavy atom. The van der Waals surface area contributed by atoms with Crippen molar-refractivity contribution in [3.8, 4) is 0 Å². The van der Waals surface area contributed by atoms with Gasteiger partial charge in [0.2, 0.25) is 0 Å². The van der Waals surface area contributed by atoms with Gasteiger partial charge in [0.05, 0.1) is 6.54 Å². The monoisotopic (exact) mass is 198 g/mol. The van der Waals surface area contributed by atoms with E-state index in [0.29, 0.717) is 0 Å². The second-order valence-electron chi connectivity index (χ2n) is 4.43. The molecule has 1 heterocycles. The zero-order valence-corrected chi connectivity index (χ0v) is 9.09. The van der Waals surface area contributed by atoms with E-state index in [1.807, 2.05) is 0 Å². The minimum Gasteiger partial charge on any atom is -0.328 e. The Morgan fingerprint density at radius 3 is 2.00 bits per heavy atom. The Kier molecular flexibility index (Phi) is 2.00. The predicted molar refractivity (Wildman–Crippen MR) is 62.9 cm³/mol. The molecule has 0 radical (unpaired) electrons. The average Bonchev–Trinajstić information content (AvgIpc) is 2.67.